The van der Waals surface area contributed by atoms with E-state index in [0.717, 1.165) is 36.1 Å². The van der Waals surface area contributed by atoms with Gasteiger partial charge in [-0.05, 0) is 19.1 Å². The SMILES string of the molecule is COc1ncccc1-c1csc(N2CCOC(C)C2)n1. The Kier molecular flexibility index (Phi) is 3.84. The first-order valence-electron chi connectivity index (χ1n) is 6.59. The number of pyridine rings is 1. The molecule has 0 N–H and O–H groups in total. The fraction of sp³-hybridized carbons (Fsp3) is 0.429. The second-order valence-electron chi connectivity index (χ2n) is 4.70. The largest absolute Gasteiger partial charge is 0.481 e. The van der Waals surface area contributed by atoms with E-state index in [-0.39, 0.29) is 6.10 Å². The Morgan fingerprint density at radius 1 is 1.50 bits per heavy atom. The molecule has 0 aliphatic carbocycles. The van der Waals surface area contributed by atoms with E-state index in [1.54, 1.807) is 24.6 Å². The van der Waals surface area contributed by atoms with Crippen molar-refractivity contribution in [3.63, 3.8) is 0 Å². The first-order valence-corrected chi connectivity index (χ1v) is 7.47. The summed E-state index contributed by atoms with van der Waals surface area (Å²) in [4.78, 5) is 11.2. The summed E-state index contributed by atoms with van der Waals surface area (Å²) in [7, 11) is 1.63. The lowest BCUT2D eigenvalue weighted by atomic mass is 10.2. The number of hydrogen-bond donors (Lipinski definition) is 0. The summed E-state index contributed by atoms with van der Waals surface area (Å²) in [5.74, 6) is 0.611. The molecule has 1 unspecified atom stereocenters. The minimum absolute atomic E-state index is 0.254. The molecule has 6 heteroatoms. The molecule has 0 radical (unpaired) electrons. The zero-order valence-electron chi connectivity index (χ0n) is 11.6. The van der Waals surface area contributed by atoms with Crippen LogP contribution in [0.3, 0.4) is 0 Å². The van der Waals surface area contributed by atoms with Gasteiger partial charge in [-0.2, -0.15) is 0 Å². The number of nitrogens with zero attached hydrogens (tertiary/aromatic N) is 3. The first-order chi connectivity index (χ1) is 9.78. The fourth-order valence-corrected chi connectivity index (χ4v) is 3.14. The van der Waals surface area contributed by atoms with Crippen LogP contribution in [0.2, 0.25) is 0 Å². The molecule has 2 aromatic heterocycles. The van der Waals surface area contributed by atoms with E-state index >= 15 is 0 Å². The molecular weight excluding hydrogens is 274 g/mol. The minimum Gasteiger partial charge on any atom is -0.481 e. The average Bonchev–Trinajstić information content (AvgIpc) is 2.97. The molecule has 0 aromatic carbocycles. The summed E-state index contributed by atoms with van der Waals surface area (Å²) in [6.45, 7) is 4.62. The van der Waals surface area contributed by atoms with Crippen molar-refractivity contribution >= 4 is 16.5 Å². The van der Waals surface area contributed by atoms with Gasteiger partial charge in [0.1, 0.15) is 0 Å². The number of ether oxygens (including phenoxy) is 2. The van der Waals surface area contributed by atoms with Crippen LogP contribution in [0.5, 0.6) is 5.88 Å². The molecule has 5 nitrogen and oxygen atoms in total. The Balaban J connectivity index is 1.86. The van der Waals surface area contributed by atoms with Gasteiger partial charge in [0.25, 0.3) is 0 Å². The molecule has 1 fully saturated rings. The zero-order chi connectivity index (χ0) is 13.9. The predicted octanol–water partition coefficient (Wildman–Crippen LogP) is 2.44. The molecule has 3 rings (SSSR count). The van der Waals surface area contributed by atoms with Crippen molar-refractivity contribution in [3.8, 4) is 17.1 Å². The van der Waals surface area contributed by atoms with Gasteiger partial charge in [0.15, 0.2) is 5.13 Å². The second kappa shape index (κ2) is 5.76. The number of hydrogen-bond acceptors (Lipinski definition) is 6. The molecule has 1 aliphatic rings. The van der Waals surface area contributed by atoms with Crippen molar-refractivity contribution in [2.45, 2.75) is 13.0 Å². The Bertz CT molecular complexity index is 587. The smallest absolute Gasteiger partial charge is 0.222 e. The minimum atomic E-state index is 0.254. The fourth-order valence-electron chi connectivity index (χ4n) is 2.27. The molecule has 0 saturated carbocycles. The van der Waals surface area contributed by atoms with Crippen LogP contribution in [0.1, 0.15) is 6.92 Å². The van der Waals surface area contributed by atoms with Crippen LogP contribution in [-0.2, 0) is 4.74 Å². The normalized spacial score (nSPS) is 19.1. The highest BCUT2D eigenvalue weighted by Crippen LogP contribution is 2.32. The van der Waals surface area contributed by atoms with E-state index in [1.165, 1.54) is 0 Å². The maximum absolute atomic E-state index is 5.56. The van der Waals surface area contributed by atoms with Gasteiger partial charge in [0.05, 0.1) is 31.1 Å². The quantitative estimate of drug-likeness (QED) is 0.869. The maximum atomic E-state index is 5.56. The van der Waals surface area contributed by atoms with Gasteiger partial charge in [-0.3, -0.25) is 0 Å². The van der Waals surface area contributed by atoms with Crippen molar-refractivity contribution in [1.82, 2.24) is 9.97 Å². The predicted molar refractivity (Wildman–Crippen MR) is 79.5 cm³/mol. The highest BCUT2D eigenvalue weighted by atomic mass is 32.1. The van der Waals surface area contributed by atoms with Gasteiger partial charge in [-0.1, -0.05) is 0 Å². The van der Waals surface area contributed by atoms with Crippen LogP contribution in [0, 0.1) is 0 Å². The zero-order valence-corrected chi connectivity index (χ0v) is 12.4. The summed E-state index contributed by atoms with van der Waals surface area (Å²) >= 11 is 1.65. The first kappa shape index (κ1) is 13.3. The van der Waals surface area contributed by atoms with Gasteiger partial charge >= 0.3 is 0 Å². The molecule has 1 atom stereocenters. The standard InChI is InChI=1S/C14H17N3O2S/c1-10-8-17(6-7-19-10)14-16-12(9-20-14)11-4-3-5-15-13(11)18-2/h3-5,9-10H,6-8H2,1-2H3. The van der Waals surface area contributed by atoms with E-state index in [0.29, 0.717) is 5.88 Å². The van der Waals surface area contributed by atoms with E-state index in [2.05, 4.69) is 22.2 Å². The van der Waals surface area contributed by atoms with Crippen molar-refractivity contribution in [3.05, 3.63) is 23.7 Å². The third-order valence-electron chi connectivity index (χ3n) is 3.24. The second-order valence-corrected chi connectivity index (χ2v) is 5.54. The Labute approximate surface area is 122 Å². The lowest BCUT2D eigenvalue weighted by molar-refractivity contribution is 0.0532. The number of anilines is 1. The van der Waals surface area contributed by atoms with Crippen LogP contribution in [0.25, 0.3) is 11.3 Å². The van der Waals surface area contributed by atoms with Gasteiger partial charge in [0.2, 0.25) is 5.88 Å². The Morgan fingerprint density at radius 3 is 3.20 bits per heavy atom. The van der Waals surface area contributed by atoms with Crippen molar-refractivity contribution in [2.75, 3.05) is 31.7 Å². The molecule has 2 aromatic rings. The van der Waals surface area contributed by atoms with Crippen LogP contribution >= 0.6 is 11.3 Å². The molecule has 0 spiro atoms. The molecule has 1 saturated heterocycles. The molecule has 0 amide bonds. The molecule has 0 bridgehead atoms. The van der Waals surface area contributed by atoms with Gasteiger partial charge in [-0.15, -0.1) is 11.3 Å². The molecule has 106 valence electrons. The summed E-state index contributed by atoms with van der Waals surface area (Å²) in [5, 5.41) is 3.08. The van der Waals surface area contributed by atoms with E-state index < -0.39 is 0 Å². The maximum Gasteiger partial charge on any atom is 0.222 e. The lowest BCUT2D eigenvalue weighted by Gasteiger charge is -2.30. The van der Waals surface area contributed by atoms with Gasteiger partial charge < -0.3 is 14.4 Å². The van der Waals surface area contributed by atoms with Crippen LogP contribution < -0.4 is 9.64 Å². The van der Waals surface area contributed by atoms with E-state index in [9.17, 15) is 0 Å². The van der Waals surface area contributed by atoms with E-state index in [4.69, 9.17) is 14.5 Å². The Morgan fingerprint density at radius 2 is 2.40 bits per heavy atom. The molecular formula is C14H17N3O2S. The van der Waals surface area contributed by atoms with Crippen LogP contribution in [0.4, 0.5) is 5.13 Å². The van der Waals surface area contributed by atoms with Crippen LogP contribution in [-0.4, -0.2) is 42.9 Å². The highest BCUT2D eigenvalue weighted by Gasteiger charge is 2.20. The Hall–Kier alpha value is -1.66. The highest BCUT2D eigenvalue weighted by molar-refractivity contribution is 7.14. The number of aromatic nitrogens is 2. The monoisotopic (exact) mass is 291 g/mol. The van der Waals surface area contributed by atoms with Gasteiger partial charge in [0, 0.05) is 24.7 Å². The summed E-state index contributed by atoms with van der Waals surface area (Å²) < 4.78 is 10.9. The van der Waals surface area contributed by atoms with Crippen molar-refractivity contribution in [2.24, 2.45) is 0 Å². The summed E-state index contributed by atoms with van der Waals surface area (Å²) in [6, 6.07) is 3.88. The molecule has 1 aliphatic heterocycles. The lowest BCUT2D eigenvalue weighted by Crippen LogP contribution is -2.41. The molecule has 3 heterocycles. The average molecular weight is 291 g/mol. The third kappa shape index (κ3) is 2.62. The molecule has 20 heavy (non-hydrogen) atoms. The third-order valence-corrected chi connectivity index (χ3v) is 4.15. The van der Waals surface area contributed by atoms with Gasteiger partial charge in [-0.25, -0.2) is 9.97 Å². The topological polar surface area (TPSA) is 47.5 Å². The summed E-state index contributed by atoms with van der Waals surface area (Å²) in [6.07, 6.45) is 1.98. The van der Waals surface area contributed by atoms with Crippen molar-refractivity contribution in [1.29, 1.82) is 0 Å². The number of methoxy groups -OCH3 is 1. The summed E-state index contributed by atoms with van der Waals surface area (Å²) in [5.41, 5.74) is 1.84. The number of morpholine rings is 1. The van der Waals surface area contributed by atoms with Crippen LogP contribution in [0.15, 0.2) is 23.7 Å². The number of thiazole rings is 1. The van der Waals surface area contributed by atoms with Crippen molar-refractivity contribution < 1.29 is 9.47 Å². The number of rotatable bonds is 3. The van der Waals surface area contributed by atoms with E-state index in [1.807, 2.05) is 12.1 Å².